The van der Waals surface area contributed by atoms with E-state index < -0.39 is 5.41 Å². The van der Waals surface area contributed by atoms with E-state index in [2.05, 4.69) is 4.98 Å². The molecule has 1 unspecified atom stereocenters. The standard InChI is InChI=1S/C17H17Cl2NO2/c1-17(2,16(21)22-3)14(11-7-5-4-6-8-11)12-9-13(18)15(19)20-10-12/h4-10,14H,1-3H3. The van der Waals surface area contributed by atoms with Gasteiger partial charge in [-0.3, -0.25) is 4.79 Å². The SMILES string of the molecule is COC(=O)C(C)(C)C(c1ccccc1)c1cnc(Cl)c(Cl)c1. The largest absolute Gasteiger partial charge is 0.469 e. The zero-order valence-electron chi connectivity index (χ0n) is 12.6. The molecule has 0 aliphatic carbocycles. The summed E-state index contributed by atoms with van der Waals surface area (Å²) in [5.41, 5.74) is 1.02. The van der Waals surface area contributed by atoms with E-state index in [0.717, 1.165) is 11.1 Å². The van der Waals surface area contributed by atoms with E-state index in [9.17, 15) is 4.79 Å². The number of ether oxygens (including phenoxy) is 1. The second-order valence-corrected chi connectivity index (χ2v) is 6.36. The van der Waals surface area contributed by atoms with E-state index in [1.54, 1.807) is 12.3 Å². The molecule has 3 nitrogen and oxygen atoms in total. The number of methoxy groups -OCH3 is 1. The van der Waals surface area contributed by atoms with Gasteiger partial charge in [-0.15, -0.1) is 0 Å². The molecule has 0 fully saturated rings. The summed E-state index contributed by atoms with van der Waals surface area (Å²) in [5.74, 6) is -0.546. The van der Waals surface area contributed by atoms with Gasteiger partial charge in [0.05, 0.1) is 17.5 Å². The van der Waals surface area contributed by atoms with Crippen molar-refractivity contribution in [1.29, 1.82) is 0 Å². The number of aromatic nitrogens is 1. The number of hydrogen-bond acceptors (Lipinski definition) is 3. The molecule has 0 aliphatic rings. The highest BCUT2D eigenvalue weighted by Gasteiger charge is 2.40. The third kappa shape index (κ3) is 3.26. The molecule has 2 aromatic rings. The van der Waals surface area contributed by atoms with E-state index in [1.165, 1.54) is 7.11 Å². The average molecular weight is 338 g/mol. The van der Waals surface area contributed by atoms with Crippen LogP contribution in [0.3, 0.4) is 0 Å². The molecule has 0 N–H and O–H groups in total. The summed E-state index contributed by atoms with van der Waals surface area (Å²) >= 11 is 12.0. The van der Waals surface area contributed by atoms with Gasteiger partial charge < -0.3 is 4.74 Å². The minimum absolute atomic E-state index is 0.244. The number of nitrogens with zero attached hydrogens (tertiary/aromatic N) is 1. The first-order chi connectivity index (χ1) is 10.4. The van der Waals surface area contributed by atoms with Gasteiger partial charge in [0.1, 0.15) is 5.15 Å². The van der Waals surface area contributed by atoms with Crippen molar-refractivity contribution >= 4 is 29.2 Å². The van der Waals surface area contributed by atoms with Crippen molar-refractivity contribution in [1.82, 2.24) is 4.98 Å². The number of esters is 1. The third-order valence-electron chi connectivity index (χ3n) is 3.72. The smallest absolute Gasteiger partial charge is 0.312 e. The lowest BCUT2D eigenvalue weighted by Gasteiger charge is -2.32. The first-order valence-electron chi connectivity index (χ1n) is 6.82. The highest BCUT2D eigenvalue weighted by atomic mass is 35.5. The van der Waals surface area contributed by atoms with Crippen LogP contribution in [0.5, 0.6) is 0 Å². The zero-order valence-corrected chi connectivity index (χ0v) is 14.2. The molecule has 1 aromatic carbocycles. The lowest BCUT2D eigenvalue weighted by molar-refractivity contribution is -0.151. The molecular weight excluding hydrogens is 321 g/mol. The van der Waals surface area contributed by atoms with E-state index in [-0.39, 0.29) is 17.0 Å². The summed E-state index contributed by atoms with van der Waals surface area (Å²) in [7, 11) is 1.39. The predicted octanol–water partition coefficient (Wildman–Crippen LogP) is 4.72. The van der Waals surface area contributed by atoms with Crippen molar-refractivity contribution in [3.8, 4) is 0 Å². The Morgan fingerprint density at radius 2 is 1.82 bits per heavy atom. The van der Waals surface area contributed by atoms with E-state index in [4.69, 9.17) is 27.9 Å². The summed E-state index contributed by atoms with van der Waals surface area (Å²) in [4.78, 5) is 16.4. The number of carbonyl (C=O) groups is 1. The average Bonchev–Trinajstić information content (AvgIpc) is 2.51. The van der Waals surface area contributed by atoms with Gasteiger partial charge >= 0.3 is 5.97 Å². The van der Waals surface area contributed by atoms with Gasteiger partial charge in [-0.25, -0.2) is 4.98 Å². The Kier molecular flexibility index (Phi) is 5.09. The van der Waals surface area contributed by atoms with Crippen LogP contribution in [0.1, 0.15) is 30.9 Å². The second kappa shape index (κ2) is 6.67. The van der Waals surface area contributed by atoms with E-state index in [1.807, 2.05) is 44.2 Å². The van der Waals surface area contributed by atoms with Gasteiger partial charge in [-0.1, -0.05) is 53.5 Å². The number of hydrogen-bond donors (Lipinski definition) is 0. The van der Waals surface area contributed by atoms with Crippen molar-refractivity contribution in [2.75, 3.05) is 7.11 Å². The summed E-state index contributed by atoms with van der Waals surface area (Å²) < 4.78 is 4.97. The third-order valence-corrected chi connectivity index (χ3v) is 4.40. The van der Waals surface area contributed by atoms with Crippen LogP contribution >= 0.6 is 23.2 Å². The van der Waals surface area contributed by atoms with Crippen LogP contribution < -0.4 is 0 Å². The molecule has 1 atom stereocenters. The Bertz CT molecular complexity index is 672. The van der Waals surface area contributed by atoms with Crippen LogP contribution in [-0.4, -0.2) is 18.1 Å². The molecule has 116 valence electrons. The van der Waals surface area contributed by atoms with Crippen molar-refractivity contribution in [3.63, 3.8) is 0 Å². The number of rotatable bonds is 4. The number of halogens is 2. The fourth-order valence-electron chi connectivity index (χ4n) is 2.65. The van der Waals surface area contributed by atoms with Gasteiger partial charge in [-0.05, 0) is 31.0 Å². The van der Waals surface area contributed by atoms with Gasteiger partial charge in [0.15, 0.2) is 0 Å². The summed E-state index contributed by atoms with van der Waals surface area (Å²) in [6, 6.07) is 11.5. The Balaban J connectivity index is 2.60. The van der Waals surface area contributed by atoms with Gasteiger partial charge in [0.2, 0.25) is 0 Å². The van der Waals surface area contributed by atoms with Gasteiger partial charge in [0, 0.05) is 12.1 Å². The van der Waals surface area contributed by atoms with Crippen molar-refractivity contribution in [2.45, 2.75) is 19.8 Å². The lowest BCUT2D eigenvalue weighted by Crippen LogP contribution is -2.33. The molecule has 5 heteroatoms. The van der Waals surface area contributed by atoms with E-state index >= 15 is 0 Å². The van der Waals surface area contributed by atoms with Crippen LogP contribution in [0, 0.1) is 5.41 Å². The van der Waals surface area contributed by atoms with Crippen LogP contribution in [0.15, 0.2) is 42.6 Å². The molecule has 22 heavy (non-hydrogen) atoms. The second-order valence-electron chi connectivity index (χ2n) is 5.60. The Morgan fingerprint density at radius 3 is 2.36 bits per heavy atom. The molecule has 1 aromatic heterocycles. The Labute approximate surface area is 140 Å². The topological polar surface area (TPSA) is 39.2 Å². The van der Waals surface area contributed by atoms with Gasteiger partial charge in [0.25, 0.3) is 0 Å². The van der Waals surface area contributed by atoms with Crippen LogP contribution in [0.2, 0.25) is 10.2 Å². The lowest BCUT2D eigenvalue weighted by atomic mass is 9.71. The fourth-order valence-corrected chi connectivity index (χ4v) is 2.92. The molecule has 0 amide bonds. The molecule has 0 saturated heterocycles. The monoisotopic (exact) mass is 337 g/mol. The fraction of sp³-hybridized carbons (Fsp3) is 0.294. The molecule has 0 spiro atoms. The Hall–Kier alpha value is -1.58. The van der Waals surface area contributed by atoms with Crippen LogP contribution in [0.4, 0.5) is 0 Å². The van der Waals surface area contributed by atoms with Crippen molar-refractivity contribution < 1.29 is 9.53 Å². The molecule has 1 heterocycles. The van der Waals surface area contributed by atoms with Crippen LogP contribution in [0.25, 0.3) is 0 Å². The molecule has 0 bridgehead atoms. The molecular formula is C17H17Cl2NO2. The Morgan fingerprint density at radius 1 is 1.18 bits per heavy atom. The summed E-state index contributed by atoms with van der Waals surface area (Å²) in [6.45, 7) is 3.69. The maximum absolute atomic E-state index is 12.3. The molecule has 0 aliphatic heterocycles. The predicted molar refractivity (Wildman–Crippen MR) is 88.3 cm³/mol. The number of benzene rings is 1. The first kappa shape index (κ1) is 16.8. The maximum Gasteiger partial charge on any atom is 0.312 e. The minimum atomic E-state index is -0.783. The van der Waals surface area contributed by atoms with Crippen molar-refractivity contribution in [2.24, 2.45) is 5.41 Å². The number of carbonyl (C=O) groups excluding carboxylic acids is 1. The summed E-state index contributed by atoms with van der Waals surface area (Å²) in [5, 5.41) is 0.605. The van der Waals surface area contributed by atoms with Crippen LogP contribution in [-0.2, 0) is 9.53 Å². The van der Waals surface area contributed by atoms with Crippen molar-refractivity contribution in [3.05, 3.63) is 63.9 Å². The highest BCUT2D eigenvalue weighted by Crippen LogP contribution is 2.42. The molecule has 0 saturated carbocycles. The molecule has 2 rings (SSSR count). The van der Waals surface area contributed by atoms with E-state index in [0.29, 0.717) is 5.02 Å². The number of pyridine rings is 1. The van der Waals surface area contributed by atoms with Gasteiger partial charge in [-0.2, -0.15) is 0 Å². The highest BCUT2D eigenvalue weighted by molar-refractivity contribution is 6.41. The molecule has 0 radical (unpaired) electrons. The first-order valence-corrected chi connectivity index (χ1v) is 7.57. The zero-order chi connectivity index (χ0) is 16.3. The minimum Gasteiger partial charge on any atom is -0.469 e. The maximum atomic E-state index is 12.3. The normalized spacial score (nSPS) is 12.8. The summed E-state index contributed by atoms with van der Waals surface area (Å²) in [6.07, 6.45) is 1.65. The quantitative estimate of drug-likeness (QED) is 0.598.